The van der Waals surface area contributed by atoms with Gasteiger partial charge in [-0.15, -0.1) is 21.5 Å². The Hall–Kier alpha value is -2.59. The number of halogens is 2. The van der Waals surface area contributed by atoms with Crippen molar-refractivity contribution in [3.63, 3.8) is 0 Å². The van der Waals surface area contributed by atoms with Gasteiger partial charge in [0.2, 0.25) is 5.91 Å². The maximum Gasteiger partial charge on any atom is 0.236 e. The molecule has 0 bridgehead atoms. The number of rotatable bonds is 8. The summed E-state index contributed by atoms with van der Waals surface area (Å²) in [7, 11) is 1.63. The molecule has 1 amide bonds. The lowest BCUT2D eigenvalue weighted by Crippen LogP contribution is -2.17. The zero-order valence-electron chi connectivity index (χ0n) is 20.1. The topological polar surface area (TPSA) is 81.9 Å². The molecular formula is C26H25Cl2N5O2S2. The fourth-order valence-corrected chi connectivity index (χ4v) is 6.44. The van der Waals surface area contributed by atoms with E-state index in [0.717, 1.165) is 48.3 Å². The summed E-state index contributed by atoms with van der Waals surface area (Å²) in [6.07, 6.45) is 5.63. The summed E-state index contributed by atoms with van der Waals surface area (Å²) in [5.41, 5.74) is 2.55. The Morgan fingerprint density at radius 1 is 1.14 bits per heavy atom. The maximum atomic E-state index is 12.8. The van der Waals surface area contributed by atoms with Crippen LogP contribution in [0.15, 0.2) is 53.0 Å². The molecule has 0 spiro atoms. The Bertz CT molecular complexity index is 1380. The quantitative estimate of drug-likeness (QED) is 0.218. The lowest BCUT2D eigenvalue weighted by Gasteiger charge is -2.25. The van der Waals surface area contributed by atoms with Crippen LogP contribution in [0.25, 0.3) is 22.6 Å². The Morgan fingerprint density at radius 3 is 2.65 bits per heavy atom. The molecule has 2 heterocycles. The molecule has 37 heavy (non-hydrogen) atoms. The molecule has 0 atom stereocenters. The first kappa shape index (κ1) is 26.0. The summed E-state index contributed by atoms with van der Waals surface area (Å²) in [5, 5.41) is 16.1. The molecule has 192 valence electrons. The van der Waals surface area contributed by atoms with Crippen LogP contribution in [0.3, 0.4) is 0 Å². The molecule has 0 aliphatic heterocycles. The van der Waals surface area contributed by atoms with Crippen LogP contribution in [0.1, 0.15) is 38.1 Å². The van der Waals surface area contributed by atoms with Gasteiger partial charge in [-0.05, 0) is 55.3 Å². The first-order valence-electron chi connectivity index (χ1n) is 11.9. The molecule has 1 N–H and O–H groups in total. The van der Waals surface area contributed by atoms with E-state index < -0.39 is 0 Å². The third-order valence-electron chi connectivity index (χ3n) is 6.25. The second-order valence-electron chi connectivity index (χ2n) is 8.70. The first-order chi connectivity index (χ1) is 18.0. The van der Waals surface area contributed by atoms with Crippen molar-refractivity contribution in [2.45, 2.75) is 43.3 Å². The number of thioether (sulfide) groups is 1. The molecule has 11 heteroatoms. The maximum absolute atomic E-state index is 12.8. The van der Waals surface area contributed by atoms with Gasteiger partial charge in [0, 0.05) is 27.6 Å². The number of benzene rings is 2. The summed E-state index contributed by atoms with van der Waals surface area (Å²) in [6.45, 7) is 0. The minimum absolute atomic E-state index is 0.148. The van der Waals surface area contributed by atoms with Gasteiger partial charge in [-0.3, -0.25) is 9.36 Å². The first-order valence-corrected chi connectivity index (χ1v) is 14.6. The minimum atomic E-state index is -0.148. The molecule has 1 saturated carbocycles. The van der Waals surface area contributed by atoms with Gasteiger partial charge in [-0.25, -0.2) is 4.98 Å². The molecule has 1 aliphatic rings. The van der Waals surface area contributed by atoms with Gasteiger partial charge in [-0.1, -0.05) is 54.2 Å². The second kappa shape index (κ2) is 11.9. The third kappa shape index (κ3) is 6.12. The van der Waals surface area contributed by atoms with Gasteiger partial charge in [0.25, 0.3) is 0 Å². The fraction of sp³-hybridized carbons (Fsp3) is 0.308. The number of thiazole rings is 1. The minimum Gasteiger partial charge on any atom is -0.497 e. The second-order valence-corrected chi connectivity index (χ2v) is 11.3. The smallest absolute Gasteiger partial charge is 0.236 e. The highest BCUT2D eigenvalue weighted by Crippen LogP contribution is 2.38. The molecule has 0 saturated heterocycles. The summed E-state index contributed by atoms with van der Waals surface area (Å²) >= 11 is 15.4. The Kier molecular flexibility index (Phi) is 8.34. The van der Waals surface area contributed by atoms with Crippen LogP contribution < -0.4 is 10.1 Å². The van der Waals surface area contributed by atoms with Crippen molar-refractivity contribution >= 4 is 57.3 Å². The average Bonchev–Trinajstić information content (AvgIpc) is 3.55. The van der Waals surface area contributed by atoms with E-state index in [-0.39, 0.29) is 17.7 Å². The van der Waals surface area contributed by atoms with Crippen molar-refractivity contribution < 1.29 is 9.53 Å². The molecule has 1 aliphatic carbocycles. The van der Waals surface area contributed by atoms with E-state index in [1.54, 1.807) is 19.2 Å². The number of carbonyl (C=O) groups is 1. The summed E-state index contributed by atoms with van der Waals surface area (Å²) < 4.78 is 7.36. The van der Waals surface area contributed by atoms with Crippen LogP contribution in [0.2, 0.25) is 10.0 Å². The summed E-state index contributed by atoms with van der Waals surface area (Å²) in [6, 6.07) is 13.3. The predicted molar refractivity (Wildman–Crippen MR) is 151 cm³/mol. The molecule has 0 unspecified atom stereocenters. The van der Waals surface area contributed by atoms with Crippen molar-refractivity contribution in [1.82, 2.24) is 19.7 Å². The number of anilines is 1. The number of methoxy groups -OCH3 is 1. The van der Waals surface area contributed by atoms with Crippen molar-refractivity contribution in [1.29, 1.82) is 0 Å². The average molecular weight is 575 g/mol. The standard InChI is InChI=1S/C26H25Cl2N5O2S2/c1-35-19-10-7-16(8-11-19)22-14-36-25(29-22)30-23(34)15-37-26-32-31-24(20-12-9-17(27)13-21(20)28)33(26)18-5-3-2-4-6-18/h7-14,18H,2-6,15H2,1H3,(H,29,30,34). The molecule has 2 aromatic carbocycles. The monoisotopic (exact) mass is 573 g/mol. The number of carbonyl (C=O) groups excluding carboxylic acids is 1. The van der Waals surface area contributed by atoms with Gasteiger partial charge in [0.1, 0.15) is 5.75 Å². The largest absolute Gasteiger partial charge is 0.497 e. The van der Waals surface area contributed by atoms with Crippen molar-refractivity contribution in [2.24, 2.45) is 0 Å². The number of amides is 1. The lowest BCUT2D eigenvalue weighted by atomic mass is 9.95. The molecule has 2 aromatic heterocycles. The molecule has 1 fully saturated rings. The number of ether oxygens (including phenoxy) is 1. The van der Waals surface area contributed by atoms with Gasteiger partial charge in [0.05, 0.1) is 23.6 Å². The van der Waals surface area contributed by atoms with Gasteiger partial charge in [0.15, 0.2) is 16.1 Å². The molecule has 0 radical (unpaired) electrons. The summed E-state index contributed by atoms with van der Waals surface area (Å²) in [5.74, 6) is 1.54. The Labute approximate surface area is 233 Å². The van der Waals surface area contributed by atoms with E-state index in [0.29, 0.717) is 26.2 Å². The Morgan fingerprint density at radius 2 is 1.92 bits per heavy atom. The number of hydrogen-bond acceptors (Lipinski definition) is 7. The highest BCUT2D eigenvalue weighted by molar-refractivity contribution is 7.99. The highest BCUT2D eigenvalue weighted by Gasteiger charge is 2.25. The predicted octanol–water partition coefficient (Wildman–Crippen LogP) is 7.62. The SMILES string of the molecule is COc1ccc(-c2csc(NC(=O)CSc3nnc(-c4ccc(Cl)cc4Cl)n3C3CCCCC3)n2)cc1. The highest BCUT2D eigenvalue weighted by atomic mass is 35.5. The number of nitrogens with one attached hydrogen (secondary N) is 1. The summed E-state index contributed by atoms with van der Waals surface area (Å²) in [4.78, 5) is 17.4. The lowest BCUT2D eigenvalue weighted by molar-refractivity contribution is -0.113. The van der Waals surface area contributed by atoms with Crippen molar-refractivity contribution in [2.75, 3.05) is 18.2 Å². The van der Waals surface area contributed by atoms with E-state index in [4.69, 9.17) is 27.9 Å². The van der Waals surface area contributed by atoms with E-state index in [2.05, 4.69) is 25.1 Å². The number of aromatic nitrogens is 4. The van der Waals surface area contributed by atoms with Crippen LogP contribution in [0.5, 0.6) is 5.75 Å². The Balaban J connectivity index is 1.30. The van der Waals surface area contributed by atoms with Gasteiger partial charge < -0.3 is 10.1 Å². The molecule has 4 aromatic rings. The van der Waals surface area contributed by atoms with Gasteiger partial charge >= 0.3 is 0 Å². The number of hydrogen-bond donors (Lipinski definition) is 1. The van der Waals surface area contributed by atoms with E-state index in [9.17, 15) is 4.79 Å². The zero-order valence-corrected chi connectivity index (χ0v) is 23.3. The van der Waals surface area contributed by atoms with Crippen LogP contribution in [0, 0.1) is 0 Å². The molecule has 5 rings (SSSR count). The van der Waals surface area contributed by atoms with Crippen LogP contribution in [-0.2, 0) is 4.79 Å². The van der Waals surface area contributed by atoms with Crippen LogP contribution >= 0.6 is 46.3 Å². The van der Waals surface area contributed by atoms with Crippen molar-refractivity contribution in [3.05, 3.63) is 57.9 Å². The van der Waals surface area contributed by atoms with E-state index >= 15 is 0 Å². The fourth-order valence-electron chi connectivity index (χ4n) is 4.41. The zero-order chi connectivity index (χ0) is 25.8. The number of nitrogens with zero attached hydrogens (tertiary/aromatic N) is 4. The third-order valence-corrected chi connectivity index (χ3v) is 8.49. The molecule has 7 nitrogen and oxygen atoms in total. The van der Waals surface area contributed by atoms with Crippen LogP contribution in [0.4, 0.5) is 5.13 Å². The van der Waals surface area contributed by atoms with Crippen LogP contribution in [-0.4, -0.2) is 38.5 Å². The van der Waals surface area contributed by atoms with E-state index in [1.807, 2.05) is 35.7 Å². The van der Waals surface area contributed by atoms with Crippen molar-refractivity contribution in [3.8, 4) is 28.4 Å². The van der Waals surface area contributed by atoms with E-state index in [1.165, 1.54) is 29.5 Å². The molecular weight excluding hydrogens is 549 g/mol. The normalized spacial score (nSPS) is 14.0. The van der Waals surface area contributed by atoms with Gasteiger partial charge in [-0.2, -0.15) is 0 Å².